The van der Waals surface area contributed by atoms with Crippen LogP contribution >= 0.6 is 0 Å². The maximum absolute atomic E-state index is 13.0. The molecule has 1 aromatic carbocycles. The molecule has 1 saturated heterocycles. The molecule has 7 nitrogen and oxygen atoms in total. The van der Waals surface area contributed by atoms with E-state index in [1.54, 1.807) is 35.6 Å². The highest BCUT2D eigenvalue weighted by Crippen LogP contribution is 2.23. The number of hydrogen-bond donors (Lipinski definition) is 1. The van der Waals surface area contributed by atoms with Gasteiger partial charge in [-0.25, -0.2) is 19.3 Å². The Balaban J connectivity index is 1.45. The number of benzene rings is 1. The number of aromatic nitrogens is 4. The van der Waals surface area contributed by atoms with E-state index >= 15 is 0 Å². The Morgan fingerprint density at radius 3 is 2.76 bits per heavy atom. The van der Waals surface area contributed by atoms with E-state index < -0.39 is 0 Å². The van der Waals surface area contributed by atoms with Gasteiger partial charge in [0.15, 0.2) is 0 Å². The minimum absolute atomic E-state index is 0.290. The first-order valence-corrected chi connectivity index (χ1v) is 9.76. The molecule has 1 atom stereocenters. The summed E-state index contributed by atoms with van der Waals surface area (Å²) >= 11 is 0. The van der Waals surface area contributed by atoms with Crippen LogP contribution in [0, 0.1) is 5.82 Å². The van der Waals surface area contributed by atoms with Crippen LogP contribution in [-0.4, -0.2) is 38.0 Å². The van der Waals surface area contributed by atoms with Crippen LogP contribution in [0.3, 0.4) is 0 Å². The quantitative estimate of drug-likeness (QED) is 0.720. The van der Waals surface area contributed by atoms with Crippen molar-refractivity contribution in [3.63, 3.8) is 0 Å². The van der Waals surface area contributed by atoms with Gasteiger partial charge in [0.1, 0.15) is 35.8 Å². The molecule has 3 aromatic rings. The van der Waals surface area contributed by atoms with Gasteiger partial charge in [0, 0.05) is 31.4 Å². The number of anilines is 1. The summed E-state index contributed by atoms with van der Waals surface area (Å²) in [5.41, 5.74) is 1.11. The van der Waals surface area contributed by atoms with E-state index in [9.17, 15) is 9.18 Å². The number of carbonyl (C=O) groups excluding carboxylic acids is 1. The average Bonchev–Trinajstić information content (AvgIpc) is 3.24. The highest BCUT2D eigenvalue weighted by molar-refractivity contribution is 5.92. The smallest absolute Gasteiger partial charge is 0.271 e. The summed E-state index contributed by atoms with van der Waals surface area (Å²) in [5, 5.41) is 2.79. The second-order valence-corrected chi connectivity index (χ2v) is 7.25. The molecule has 1 aliphatic rings. The third kappa shape index (κ3) is 4.42. The van der Waals surface area contributed by atoms with Gasteiger partial charge >= 0.3 is 0 Å². The van der Waals surface area contributed by atoms with Crippen LogP contribution in [0.2, 0.25) is 0 Å². The SMILES string of the molecule is C[C@@H]1CCCCN1c1cc(-n2cnc(C(=O)NCc3ccc(F)cc3)c2)ncn1. The molecule has 0 saturated carbocycles. The van der Waals surface area contributed by atoms with Gasteiger partial charge in [-0.15, -0.1) is 0 Å². The zero-order chi connectivity index (χ0) is 20.2. The summed E-state index contributed by atoms with van der Waals surface area (Å²) in [5.74, 6) is 0.949. The Hall–Kier alpha value is -3.29. The van der Waals surface area contributed by atoms with E-state index in [4.69, 9.17) is 0 Å². The summed E-state index contributed by atoms with van der Waals surface area (Å²) in [7, 11) is 0. The second-order valence-electron chi connectivity index (χ2n) is 7.25. The lowest BCUT2D eigenvalue weighted by molar-refractivity contribution is 0.0946. The second kappa shape index (κ2) is 8.38. The average molecular weight is 394 g/mol. The van der Waals surface area contributed by atoms with Crippen LogP contribution in [0.5, 0.6) is 0 Å². The lowest BCUT2D eigenvalue weighted by Crippen LogP contribution is -2.38. The van der Waals surface area contributed by atoms with Gasteiger partial charge in [0.2, 0.25) is 0 Å². The van der Waals surface area contributed by atoms with Crippen molar-refractivity contribution in [2.24, 2.45) is 0 Å². The van der Waals surface area contributed by atoms with Crippen molar-refractivity contribution < 1.29 is 9.18 Å². The van der Waals surface area contributed by atoms with Crippen molar-refractivity contribution in [2.45, 2.75) is 38.8 Å². The van der Waals surface area contributed by atoms with E-state index in [1.807, 2.05) is 6.07 Å². The van der Waals surface area contributed by atoms with Crippen molar-refractivity contribution in [2.75, 3.05) is 11.4 Å². The molecular weight excluding hydrogens is 371 g/mol. The van der Waals surface area contributed by atoms with Gasteiger partial charge in [-0.3, -0.25) is 9.36 Å². The molecule has 0 spiro atoms. The highest BCUT2D eigenvalue weighted by atomic mass is 19.1. The Morgan fingerprint density at radius 1 is 1.17 bits per heavy atom. The van der Waals surface area contributed by atoms with E-state index in [-0.39, 0.29) is 11.7 Å². The fourth-order valence-electron chi connectivity index (χ4n) is 3.51. The molecule has 1 N–H and O–H groups in total. The third-order valence-electron chi connectivity index (χ3n) is 5.18. The Kier molecular flexibility index (Phi) is 5.50. The molecule has 0 bridgehead atoms. The van der Waals surface area contributed by atoms with Crippen molar-refractivity contribution in [3.8, 4) is 5.82 Å². The molecule has 8 heteroatoms. The topological polar surface area (TPSA) is 75.9 Å². The molecule has 0 aliphatic carbocycles. The van der Waals surface area contributed by atoms with Gasteiger partial charge < -0.3 is 10.2 Å². The zero-order valence-electron chi connectivity index (χ0n) is 16.3. The van der Waals surface area contributed by atoms with E-state index in [0.717, 1.165) is 30.8 Å². The molecule has 0 unspecified atom stereocenters. The van der Waals surface area contributed by atoms with Gasteiger partial charge in [0.05, 0.1) is 0 Å². The van der Waals surface area contributed by atoms with Crippen LogP contribution < -0.4 is 10.2 Å². The zero-order valence-corrected chi connectivity index (χ0v) is 16.3. The van der Waals surface area contributed by atoms with E-state index in [1.165, 1.54) is 18.6 Å². The van der Waals surface area contributed by atoms with Crippen molar-refractivity contribution in [3.05, 3.63) is 66.3 Å². The minimum Gasteiger partial charge on any atom is -0.354 e. The number of halogens is 1. The fraction of sp³-hybridized carbons (Fsp3) is 0.333. The third-order valence-corrected chi connectivity index (χ3v) is 5.18. The largest absolute Gasteiger partial charge is 0.354 e. The highest BCUT2D eigenvalue weighted by Gasteiger charge is 2.20. The molecule has 0 radical (unpaired) electrons. The van der Waals surface area contributed by atoms with Crippen molar-refractivity contribution in [1.29, 1.82) is 0 Å². The Morgan fingerprint density at radius 2 is 1.97 bits per heavy atom. The summed E-state index contributed by atoms with van der Waals surface area (Å²) in [4.78, 5) is 27.6. The van der Waals surface area contributed by atoms with Crippen LogP contribution in [0.4, 0.5) is 10.2 Å². The first-order valence-electron chi connectivity index (χ1n) is 9.76. The van der Waals surface area contributed by atoms with Crippen LogP contribution in [0.25, 0.3) is 5.82 Å². The Bertz CT molecular complexity index is 987. The van der Waals surface area contributed by atoms with Crippen LogP contribution in [0.1, 0.15) is 42.2 Å². The summed E-state index contributed by atoms with van der Waals surface area (Å²) in [6.07, 6.45) is 8.31. The predicted molar refractivity (Wildman–Crippen MR) is 107 cm³/mol. The number of imidazole rings is 1. The predicted octanol–water partition coefficient (Wildman–Crippen LogP) is 3.11. The maximum atomic E-state index is 13.0. The lowest BCUT2D eigenvalue weighted by Gasteiger charge is -2.34. The number of carbonyl (C=O) groups is 1. The molecule has 4 rings (SSSR count). The van der Waals surface area contributed by atoms with Crippen molar-refractivity contribution >= 4 is 11.7 Å². The van der Waals surface area contributed by atoms with Gasteiger partial charge in [-0.1, -0.05) is 12.1 Å². The number of nitrogens with one attached hydrogen (secondary N) is 1. The first-order chi connectivity index (χ1) is 14.1. The fourth-order valence-corrected chi connectivity index (χ4v) is 3.51. The molecule has 29 heavy (non-hydrogen) atoms. The lowest BCUT2D eigenvalue weighted by atomic mass is 10.0. The monoisotopic (exact) mass is 394 g/mol. The standard InChI is InChI=1S/C21H23FN6O/c1-15-4-2-3-9-28(15)20-10-19(24-13-25-20)27-12-18(26-14-27)21(29)23-11-16-5-7-17(22)8-6-16/h5-8,10,12-15H,2-4,9,11H2,1H3,(H,23,29)/t15-/m1/s1. The van der Waals surface area contributed by atoms with Gasteiger partial charge in [0.25, 0.3) is 5.91 Å². The van der Waals surface area contributed by atoms with Crippen LogP contribution in [0.15, 0.2) is 49.2 Å². The molecule has 3 heterocycles. The number of amides is 1. The normalized spacial score (nSPS) is 16.6. The summed E-state index contributed by atoms with van der Waals surface area (Å²) < 4.78 is 14.7. The molecule has 1 amide bonds. The maximum Gasteiger partial charge on any atom is 0.271 e. The number of piperidine rings is 1. The summed E-state index contributed by atoms with van der Waals surface area (Å²) in [6.45, 7) is 3.50. The van der Waals surface area contributed by atoms with Crippen LogP contribution in [-0.2, 0) is 6.54 Å². The number of nitrogens with zero attached hydrogens (tertiary/aromatic N) is 5. The summed E-state index contributed by atoms with van der Waals surface area (Å²) in [6, 6.07) is 8.38. The van der Waals surface area contributed by atoms with Gasteiger partial charge in [-0.05, 0) is 43.9 Å². The molecule has 2 aromatic heterocycles. The minimum atomic E-state index is -0.304. The molecule has 150 valence electrons. The molecule has 1 aliphatic heterocycles. The van der Waals surface area contributed by atoms with E-state index in [2.05, 4.69) is 32.1 Å². The van der Waals surface area contributed by atoms with Crippen molar-refractivity contribution in [1.82, 2.24) is 24.8 Å². The first kappa shape index (κ1) is 19.0. The van der Waals surface area contributed by atoms with Gasteiger partial charge in [-0.2, -0.15) is 0 Å². The Labute approximate surface area is 168 Å². The molecule has 1 fully saturated rings. The number of hydrogen-bond acceptors (Lipinski definition) is 5. The molecular formula is C21H23FN6O. The number of rotatable bonds is 5. The van der Waals surface area contributed by atoms with E-state index in [0.29, 0.717) is 24.1 Å².